The molecule has 0 amide bonds. The van der Waals surface area contributed by atoms with Crippen LogP contribution in [0.1, 0.15) is 11.1 Å². The molecule has 1 aromatic carbocycles. The molecule has 1 nitrogen and oxygen atoms in total. The van der Waals surface area contributed by atoms with Gasteiger partial charge in [0, 0.05) is 11.8 Å². The second kappa shape index (κ2) is 5.78. The van der Waals surface area contributed by atoms with Gasteiger partial charge < -0.3 is 0 Å². The van der Waals surface area contributed by atoms with Crippen molar-refractivity contribution < 1.29 is 0 Å². The van der Waals surface area contributed by atoms with E-state index in [9.17, 15) is 0 Å². The van der Waals surface area contributed by atoms with Gasteiger partial charge in [-0.3, -0.25) is 4.98 Å². The molecule has 0 N–H and O–H groups in total. The van der Waals surface area contributed by atoms with E-state index in [1.165, 1.54) is 0 Å². The molecule has 0 unspecified atom stereocenters. The summed E-state index contributed by atoms with van der Waals surface area (Å²) in [5, 5.41) is 0. The maximum Gasteiger partial charge on any atom is 0.0708 e. The Kier molecular flexibility index (Phi) is 3.87. The van der Waals surface area contributed by atoms with Crippen molar-refractivity contribution in [3.05, 3.63) is 79.0 Å². The smallest absolute Gasteiger partial charge is 0.0708 e. The summed E-state index contributed by atoms with van der Waals surface area (Å²) in [5.74, 6) is 0. The van der Waals surface area contributed by atoms with Crippen molar-refractivity contribution in [2.24, 2.45) is 0 Å². The first-order valence-corrected chi connectivity index (χ1v) is 5.82. The number of benzene rings is 1. The highest BCUT2D eigenvalue weighted by atomic mass is 14.7. The molecule has 1 heteroatoms. The number of hydrogen-bond donors (Lipinski definition) is 0. The van der Waals surface area contributed by atoms with Crippen LogP contribution in [-0.2, 0) is 0 Å². The SMILES string of the molecule is C=C/C=C\c1cc(-c2ccccc2)ncc1C=C. The quantitative estimate of drug-likeness (QED) is 0.704. The van der Waals surface area contributed by atoms with Crippen molar-refractivity contribution in [1.82, 2.24) is 4.98 Å². The van der Waals surface area contributed by atoms with E-state index >= 15 is 0 Å². The van der Waals surface area contributed by atoms with E-state index in [0.29, 0.717) is 0 Å². The lowest BCUT2D eigenvalue weighted by molar-refractivity contribution is 1.31. The van der Waals surface area contributed by atoms with E-state index in [0.717, 1.165) is 22.4 Å². The number of allylic oxidation sites excluding steroid dienone is 2. The van der Waals surface area contributed by atoms with E-state index in [2.05, 4.69) is 36.3 Å². The molecule has 2 rings (SSSR count). The summed E-state index contributed by atoms with van der Waals surface area (Å²) in [4.78, 5) is 4.46. The molecular weight excluding hydrogens is 218 g/mol. The van der Waals surface area contributed by atoms with Gasteiger partial charge in [-0.1, -0.05) is 67.8 Å². The highest BCUT2D eigenvalue weighted by Crippen LogP contribution is 2.21. The Labute approximate surface area is 108 Å². The van der Waals surface area contributed by atoms with E-state index in [1.54, 1.807) is 6.08 Å². The lowest BCUT2D eigenvalue weighted by Gasteiger charge is -2.05. The van der Waals surface area contributed by atoms with Crippen LogP contribution < -0.4 is 0 Å². The standard InChI is InChI=1S/C17H15N/c1-3-5-9-16-12-17(18-13-14(16)4-2)15-10-7-6-8-11-15/h3-13H,1-2H2/b9-5-. The van der Waals surface area contributed by atoms with E-state index in [-0.39, 0.29) is 0 Å². The van der Waals surface area contributed by atoms with Gasteiger partial charge in [0.25, 0.3) is 0 Å². The molecule has 1 heterocycles. The average molecular weight is 233 g/mol. The normalized spacial score (nSPS) is 10.4. The molecule has 0 radical (unpaired) electrons. The molecule has 0 aliphatic carbocycles. The number of aromatic nitrogens is 1. The second-order valence-electron chi connectivity index (χ2n) is 3.86. The zero-order valence-electron chi connectivity index (χ0n) is 10.2. The predicted octanol–water partition coefficient (Wildman–Crippen LogP) is 4.59. The van der Waals surface area contributed by atoms with Crippen LogP contribution >= 0.6 is 0 Å². The van der Waals surface area contributed by atoms with Gasteiger partial charge in [-0.2, -0.15) is 0 Å². The fraction of sp³-hybridized carbons (Fsp3) is 0. The molecule has 0 fully saturated rings. The van der Waals surface area contributed by atoms with Crippen LogP contribution in [-0.4, -0.2) is 4.98 Å². The Bertz CT molecular complexity index is 580. The Morgan fingerprint density at radius 1 is 1.00 bits per heavy atom. The third kappa shape index (κ3) is 2.64. The summed E-state index contributed by atoms with van der Waals surface area (Å²) in [5.41, 5.74) is 4.19. The lowest BCUT2D eigenvalue weighted by atomic mass is 10.0. The van der Waals surface area contributed by atoms with Crippen LogP contribution in [0, 0.1) is 0 Å². The van der Waals surface area contributed by atoms with Crippen LogP contribution in [0.25, 0.3) is 23.4 Å². The van der Waals surface area contributed by atoms with E-state index in [1.807, 2.05) is 42.6 Å². The van der Waals surface area contributed by atoms with Crippen LogP contribution in [0.3, 0.4) is 0 Å². The van der Waals surface area contributed by atoms with Crippen LogP contribution in [0.5, 0.6) is 0 Å². The monoisotopic (exact) mass is 233 g/mol. The fourth-order valence-electron chi connectivity index (χ4n) is 1.73. The predicted molar refractivity (Wildman–Crippen MR) is 79.0 cm³/mol. The number of nitrogens with zero attached hydrogens (tertiary/aromatic N) is 1. The molecule has 1 aromatic heterocycles. The number of hydrogen-bond acceptors (Lipinski definition) is 1. The molecule has 0 bridgehead atoms. The molecule has 0 saturated heterocycles. The fourth-order valence-corrected chi connectivity index (χ4v) is 1.73. The van der Waals surface area contributed by atoms with Crippen molar-refractivity contribution in [1.29, 1.82) is 0 Å². The zero-order valence-corrected chi connectivity index (χ0v) is 10.2. The summed E-state index contributed by atoms with van der Waals surface area (Å²) in [6.07, 6.45) is 9.34. The summed E-state index contributed by atoms with van der Waals surface area (Å²) in [6.45, 7) is 7.49. The van der Waals surface area contributed by atoms with Gasteiger partial charge >= 0.3 is 0 Å². The molecular formula is C17H15N. The Balaban J connectivity index is 2.49. The van der Waals surface area contributed by atoms with Crippen LogP contribution in [0.4, 0.5) is 0 Å². The highest BCUT2D eigenvalue weighted by molar-refractivity contribution is 5.70. The minimum Gasteiger partial charge on any atom is -0.256 e. The zero-order chi connectivity index (χ0) is 12.8. The first-order valence-electron chi connectivity index (χ1n) is 5.82. The van der Waals surface area contributed by atoms with Gasteiger partial charge in [0.1, 0.15) is 0 Å². The molecule has 0 aliphatic heterocycles. The first-order chi connectivity index (χ1) is 8.85. The minimum atomic E-state index is 0.963. The van der Waals surface area contributed by atoms with Crippen LogP contribution in [0.2, 0.25) is 0 Å². The average Bonchev–Trinajstić information content (AvgIpc) is 2.45. The van der Waals surface area contributed by atoms with Crippen molar-refractivity contribution in [2.75, 3.05) is 0 Å². The van der Waals surface area contributed by atoms with Gasteiger partial charge in [0.15, 0.2) is 0 Å². The topological polar surface area (TPSA) is 12.9 Å². The number of rotatable bonds is 4. The van der Waals surface area contributed by atoms with Crippen molar-refractivity contribution in [2.45, 2.75) is 0 Å². The maximum atomic E-state index is 4.46. The molecule has 2 aromatic rings. The number of pyridine rings is 1. The van der Waals surface area contributed by atoms with E-state index < -0.39 is 0 Å². The Morgan fingerprint density at radius 3 is 2.44 bits per heavy atom. The van der Waals surface area contributed by atoms with Gasteiger partial charge in [-0.15, -0.1) is 0 Å². The Hall–Kier alpha value is -2.41. The van der Waals surface area contributed by atoms with Crippen molar-refractivity contribution >= 4 is 12.2 Å². The highest BCUT2D eigenvalue weighted by Gasteiger charge is 2.02. The summed E-state index contributed by atoms with van der Waals surface area (Å²) >= 11 is 0. The minimum absolute atomic E-state index is 0.963. The summed E-state index contributed by atoms with van der Waals surface area (Å²) in [7, 11) is 0. The molecule has 18 heavy (non-hydrogen) atoms. The van der Waals surface area contributed by atoms with Crippen molar-refractivity contribution in [3.8, 4) is 11.3 Å². The second-order valence-corrected chi connectivity index (χ2v) is 3.86. The third-order valence-corrected chi connectivity index (χ3v) is 2.67. The molecule has 0 saturated carbocycles. The maximum absolute atomic E-state index is 4.46. The van der Waals surface area contributed by atoms with Gasteiger partial charge in [0.05, 0.1) is 5.69 Å². The van der Waals surface area contributed by atoms with Gasteiger partial charge in [-0.25, -0.2) is 0 Å². The van der Waals surface area contributed by atoms with E-state index in [4.69, 9.17) is 0 Å². The van der Waals surface area contributed by atoms with Crippen molar-refractivity contribution in [3.63, 3.8) is 0 Å². The summed E-state index contributed by atoms with van der Waals surface area (Å²) < 4.78 is 0. The summed E-state index contributed by atoms with van der Waals surface area (Å²) in [6, 6.07) is 12.2. The lowest BCUT2D eigenvalue weighted by Crippen LogP contribution is -1.88. The molecule has 0 aliphatic rings. The largest absolute Gasteiger partial charge is 0.256 e. The molecule has 88 valence electrons. The third-order valence-electron chi connectivity index (χ3n) is 2.67. The van der Waals surface area contributed by atoms with Crippen LogP contribution in [0.15, 0.2) is 67.9 Å². The van der Waals surface area contributed by atoms with Gasteiger partial charge in [0.2, 0.25) is 0 Å². The molecule has 0 spiro atoms. The molecule has 0 atom stereocenters. The Morgan fingerprint density at radius 2 is 1.78 bits per heavy atom. The van der Waals surface area contributed by atoms with Gasteiger partial charge in [-0.05, 0) is 17.2 Å². The first kappa shape index (κ1) is 12.1.